The molecule has 0 saturated heterocycles. The van der Waals surface area contributed by atoms with E-state index < -0.39 is 0 Å². The van der Waals surface area contributed by atoms with Gasteiger partial charge in [0.25, 0.3) is 0 Å². The van der Waals surface area contributed by atoms with Gasteiger partial charge in [-0.2, -0.15) is 0 Å². The van der Waals surface area contributed by atoms with E-state index in [9.17, 15) is 5.11 Å². The van der Waals surface area contributed by atoms with E-state index in [1.54, 1.807) is 6.92 Å². The fourth-order valence-electron chi connectivity index (χ4n) is 1.69. The molecule has 0 spiro atoms. The molecule has 1 atom stereocenters. The van der Waals surface area contributed by atoms with Crippen LogP contribution in [-0.2, 0) is 0 Å². The number of hydrogen-bond donors (Lipinski definition) is 2. The first-order valence-electron chi connectivity index (χ1n) is 6.42. The highest BCUT2D eigenvalue weighted by Gasteiger charge is 2.17. The van der Waals surface area contributed by atoms with Gasteiger partial charge in [-0.3, -0.25) is 0 Å². The first-order valence-corrected chi connectivity index (χ1v) is 6.42. The molecule has 18 heavy (non-hydrogen) atoms. The Kier molecular flexibility index (Phi) is 5.28. The molecule has 0 radical (unpaired) electrons. The van der Waals surface area contributed by atoms with Gasteiger partial charge in [-0.05, 0) is 33.3 Å². The maximum Gasteiger partial charge on any atom is 0.158 e. The second-order valence-electron chi connectivity index (χ2n) is 4.68. The van der Waals surface area contributed by atoms with Crippen LogP contribution >= 0.6 is 0 Å². The average Bonchev–Trinajstić information content (AvgIpc) is 2.70. The summed E-state index contributed by atoms with van der Waals surface area (Å²) in [6.45, 7) is 9.82. The summed E-state index contributed by atoms with van der Waals surface area (Å²) >= 11 is 0. The molecule has 0 fully saturated rings. The molecular formula is C14H23N3O. The normalized spacial score (nSPS) is 17.4. The van der Waals surface area contributed by atoms with Crippen LogP contribution in [-0.4, -0.2) is 22.9 Å². The lowest BCUT2D eigenvalue weighted by Gasteiger charge is -2.13. The molecule has 0 aromatic heterocycles. The number of aliphatic hydroxyl groups excluding tert-OH is 1. The summed E-state index contributed by atoms with van der Waals surface area (Å²) in [4.78, 5) is 8.97. The van der Waals surface area contributed by atoms with Gasteiger partial charge in [-0.15, -0.1) is 0 Å². The van der Waals surface area contributed by atoms with E-state index >= 15 is 0 Å². The van der Waals surface area contributed by atoms with Crippen LogP contribution < -0.4 is 5.32 Å². The van der Waals surface area contributed by atoms with Crippen molar-refractivity contribution in [3.8, 4) is 0 Å². The van der Waals surface area contributed by atoms with Crippen LogP contribution in [0.25, 0.3) is 0 Å². The Bertz CT molecular complexity index is 424. The third-order valence-electron chi connectivity index (χ3n) is 2.64. The zero-order valence-corrected chi connectivity index (χ0v) is 11.9. The van der Waals surface area contributed by atoms with E-state index in [-0.39, 0.29) is 6.10 Å². The van der Waals surface area contributed by atoms with E-state index in [4.69, 9.17) is 0 Å². The maximum atomic E-state index is 9.44. The lowest BCUT2D eigenvalue weighted by Crippen LogP contribution is -2.25. The number of hydrogen-bond acceptors (Lipinski definition) is 4. The van der Waals surface area contributed by atoms with Crippen LogP contribution in [0.4, 0.5) is 0 Å². The fraction of sp³-hybridized carbons (Fsp3) is 0.571. The molecule has 0 aromatic carbocycles. The van der Waals surface area contributed by atoms with Gasteiger partial charge in [-0.25, -0.2) is 9.98 Å². The van der Waals surface area contributed by atoms with Crippen molar-refractivity contribution < 1.29 is 5.11 Å². The number of nitrogens with zero attached hydrogens (tertiary/aromatic N) is 2. The van der Waals surface area contributed by atoms with Gasteiger partial charge >= 0.3 is 0 Å². The minimum absolute atomic E-state index is 0.368. The highest BCUT2D eigenvalue weighted by atomic mass is 16.3. The molecule has 0 aliphatic carbocycles. The van der Waals surface area contributed by atoms with E-state index in [0.29, 0.717) is 6.42 Å². The molecule has 1 heterocycles. The summed E-state index contributed by atoms with van der Waals surface area (Å²) in [6, 6.07) is 0. The van der Waals surface area contributed by atoms with Crippen LogP contribution in [0.15, 0.2) is 33.0 Å². The summed E-state index contributed by atoms with van der Waals surface area (Å²) in [6.07, 6.45) is 3.01. The predicted molar refractivity (Wildman–Crippen MR) is 76.7 cm³/mol. The van der Waals surface area contributed by atoms with E-state index in [1.807, 2.05) is 33.8 Å². The molecule has 2 N–H and O–H groups in total. The van der Waals surface area contributed by atoms with Crippen molar-refractivity contribution in [2.24, 2.45) is 9.98 Å². The topological polar surface area (TPSA) is 57.0 Å². The first kappa shape index (κ1) is 14.6. The fourth-order valence-corrected chi connectivity index (χ4v) is 1.69. The van der Waals surface area contributed by atoms with Crippen LogP contribution in [0.3, 0.4) is 0 Å². The summed E-state index contributed by atoms with van der Waals surface area (Å²) < 4.78 is 0. The van der Waals surface area contributed by atoms with Crippen molar-refractivity contribution in [2.45, 2.75) is 53.6 Å². The monoisotopic (exact) mass is 249 g/mol. The number of aliphatic hydroxyl groups is 1. The minimum Gasteiger partial charge on any atom is -0.393 e. The molecule has 0 aromatic rings. The molecule has 100 valence electrons. The van der Waals surface area contributed by atoms with Crippen LogP contribution in [0.1, 0.15) is 47.5 Å². The molecule has 0 amide bonds. The molecule has 1 aliphatic rings. The lowest BCUT2D eigenvalue weighted by molar-refractivity contribution is 0.194. The zero-order chi connectivity index (χ0) is 13.7. The van der Waals surface area contributed by atoms with Gasteiger partial charge in [0, 0.05) is 18.5 Å². The Hall–Kier alpha value is -1.42. The maximum absolute atomic E-state index is 9.44. The van der Waals surface area contributed by atoms with Gasteiger partial charge in [0.05, 0.1) is 6.10 Å². The summed E-state index contributed by atoms with van der Waals surface area (Å²) in [5.41, 5.74) is 3.02. The van der Waals surface area contributed by atoms with Crippen molar-refractivity contribution in [1.82, 2.24) is 5.32 Å². The first-order chi connectivity index (χ1) is 8.47. The zero-order valence-electron chi connectivity index (χ0n) is 11.9. The quantitative estimate of drug-likeness (QED) is 0.805. The van der Waals surface area contributed by atoms with E-state index in [1.165, 1.54) is 0 Å². The molecule has 1 aliphatic heterocycles. The van der Waals surface area contributed by atoms with Crippen molar-refractivity contribution >= 4 is 11.7 Å². The third-order valence-corrected chi connectivity index (χ3v) is 2.64. The standard InChI is InChI=1S/C14H23N3O/c1-6-11(8-10(5)18)15-14-13(9(3)4)16-12(7-2)17-14/h6,10,18H,7-8H2,1-5H3,(H,15,16,17)/b11-6-. The Morgan fingerprint density at radius 3 is 2.50 bits per heavy atom. The van der Waals surface area contributed by atoms with E-state index in [0.717, 1.165) is 35.1 Å². The summed E-state index contributed by atoms with van der Waals surface area (Å²) in [7, 11) is 0. The van der Waals surface area contributed by atoms with Gasteiger partial charge in [0.1, 0.15) is 11.5 Å². The number of allylic oxidation sites excluding steroid dienone is 2. The highest BCUT2D eigenvalue weighted by molar-refractivity contribution is 6.12. The van der Waals surface area contributed by atoms with Gasteiger partial charge in [0.2, 0.25) is 0 Å². The molecule has 4 heteroatoms. The van der Waals surface area contributed by atoms with Gasteiger partial charge in [0.15, 0.2) is 5.84 Å². The SMILES string of the molecule is C/C=C(/CC(C)O)NC1=NC(CC)=NC1=C(C)C. The second-order valence-corrected chi connectivity index (χ2v) is 4.68. The Morgan fingerprint density at radius 2 is 2.06 bits per heavy atom. The number of rotatable bonds is 4. The smallest absolute Gasteiger partial charge is 0.158 e. The van der Waals surface area contributed by atoms with Gasteiger partial charge in [-0.1, -0.05) is 13.0 Å². The lowest BCUT2D eigenvalue weighted by atomic mass is 10.2. The molecule has 1 unspecified atom stereocenters. The van der Waals surface area contributed by atoms with Crippen molar-refractivity contribution in [3.63, 3.8) is 0 Å². The number of amidine groups is 2. The second kappa shape index (κ2) is 6.50. The van der Waals surface area contributed by atoms with Crippen molar-refractivity contribution in [2.75, 3.05) is 0 Å². The minimum atomic E-state index is -0.368. The summed E-state index contributed by atoms with van der Waals surface area (Å²) in [5, 5.41) is 12.7. The Balaban J connectivity index is 2.87. The molecular weight excluding hydrogens is 226 g/mol. The highest BCUT2D eigenvalue weighted by Crippen LogP contribution is 2.16. The number of aliphatic imine (C=N–C) groups is 2. The number of nitrogens with one attached hydrogen (secondary N) is 1. The van der Waals surface area contributed by atoms with Crippen LogP contribution in [0, 0.1) is 0 Å². The Morgan fingerprint density at radius 1 is 1.39 bits per heavy atom. The van der Waals surface area contributed by atoms with Crippen LogP contribution in [0.5, 0.6) is 0 Å². The molecule has 1 rings (SSSR count). The predicted octanol–water partition coefficient (Wildman–Crippen LogP) is 2.77. The third kappa shape index (κ3) is 3.81. The largest absolute Gasteiger partial charge is 0.393 e. The Labute approximate surface area is 109 Å². The van der Waals surface area contributed by atoms with Crippen molar-refractivity contribution in [3.05, 3.63) is 23.0 Å². The van der Waals surface area contributed by atoms with Crippen molar-refractivity contribution in [1.29, 1.82) is 0 Å². The molecule has 4 nitrogen and oxygen atoms in total. The van der Waals surface area contributed by atoms with Gasteiger partial charge < -0.3 is 10.4 Å². The molecule has 0 bridgehead atoms. The average molecular weight is 249 g/mol. The van der Waals surface area contributed by atoms with Crippen LogP contribution in [0.2, 0.25) is 0 Å². The summed E-state index contributed by atoms with van der Waals surface area (Å²) in [5.74, 6) is 1.64. The molecule has 0 saturated carbocycles. The van der Waals surface area contributed by atoms with E-state index in [2.05, 4.69) is 15.3 Å².